The average molecular weight is 316 g/mol. The quantitative estimate of drug-likeness (QED) is 0.844. The van der Waals surface area contributed by atoms with Gasteiger partial charge >= 0.3 is 5.97 Å². The third-order valence-corrected chi connectivity index (χ3v) is 3.75. The normalized spacial score (nSPS) is 12.0. The van der Waals surface area contributed by atoms with E-state index in [1.54, 1.807) is 20.0 Å². The first-order chi connectivity index (χ1) is 10.9. The van der Waals surface area contributed by atoms with Crippen LogP contribution < -0.4 is 5.56 Å². The van der Waals surface area contributed by atoms with E-state index in [1.165, 1.54) is 12.0 Å². The molecule has 0 saturated heterocycles. The van der Waals surface area contributed by atoms with Crippen molar-refractivity contribution in [2.75, 3.05) is 20.7 Å². The molecule has 1 aromatic heterocycles. The molecule has 1 heterocycles. The van der Waals surface area contributed by atoms with Crippen LogP contribution in [0.25, 0.3) is 10.9 Å². The van der Waals surface area contributed by atoms with Crippen LogP contribution in [0.15, 0.2) is 35.1 Å². The van der Waals surface area contributed by atoms with Crippen LogP contribution in [0.5, 0.6) is 0 Å². The first-order valence-corrected chi connectivity index (χ1v) is 7.35. The molecule has 23 heavy (non-hydrogen) atoms. The van der Waals surface area contributed by atoms with Crippen molar-refractivity contribution in [2.24, 2.45) is 5.92 Å². The van der Waals surface area contributed by atoms with E-state index in [0.29, 0.717) is 5.56 Å². The molecule has 0 aliphatic carbocycles. The lowest BCUT2D eigenvalue weighted by molar-refractivity contribution is -0.146. The second kappa shape index (κ2) is 7.09. The largest absolute Gasteiger partial charge is 0.469 e. The topological polar surface area (TPSA) is 79.5 Å². The summed E-state index contributed by atoms with van der Waals surface area (Å²) in [4.78, 5) is 40.0. The maximum absolute atomic E-state index is 12.3. The Balaban J connectivity index is 2.12. The maximum atomic E-state index is 12.3. The van der Waals surface area contributed by atoms with Gasteiger partial charge in [-0.15, -0.1) is 0 Å². The minimum Gasteiger partial charge on any atom is -0.469 e. The number of rotatable bonds is 5. The number of hydrogen-bond donors (Lipinski definition) is 1. The summed E-state index contributed by atoms with van der Waals surface area (Å²) >= 11 is 0. The summed E-state index contributed by atoms with van der Waals surface area (Å²) in [6, 6.07) is 9.12. The predicted molar refractivity (Wildman–Crippen MR) is 87.1 cm³/mol. The van der Waals surface area contributed by atoms with Gasteiger partial charge in [0.15, 0.2) is 0 Å². The van der Waals surface area contributed by atoms with Gasteiger partial charge in [0.1, 0.15) is 0 Å². The van der Waals surface area contributed by atoms with Gasteiger partial charge in [0.25, 0.3) is 5.56 Å². The van der Waals surface area contributed by atoms with E-state index in [2.05, 4.69) is 9.72 Å². The molecule has 0 radical (unpaired) electrons. The Bertz CT molecular complexity index is 782. The molecular formula is C17H20N2O4. The lowest BCUT2D eigenvalue weighted by atomic mass is 10.1. The first kappa shape index (κ1) is 16.7. The van der Waals surface area contributed by atoms with Crippen molar-refractivity contribution in [3.05, 3.63) is 46.2 Å². The SMILES string of the molecule is COC(=O)C(C)CN(C)C(=O)Cc1cc2ccccc2[nH]c1=O. The Hall–Kier alpha value is -2.63. The molecule has 1 aromatic carbocycles. The fourth-order valence-electron chi connectivity index (χ4n) is 2.41. The smallest absolute Gasteiger partial charge is 0.310 e. The highest BCUT2D eigenvalue weighted by Crippen LogP contribution is 2.11. The van der Waals surface area contributed by atoms with Gasteiger partial charge in [0.05, 0.1) is 19.4 Å². The molecule has 0 spiro atoms. The number of nitrogens with one attached hydrogen (secondary N) is 1. The van der Waals surface area contributed by atoms with E-state index in [1.807, 2.05) is 24.3 Å². The zero-order valence-corrected chi connectivity index (χ0v) is 13.5. The molecule has 1 N–H and O–H groups in total. The van der Waals surface area contributed by atoms with E-state index in [4.69, 9.17) is 0 Å². The highest BCUT2D eigenvalue weighted by Gasteiger charge is 2.19. The zero-order valence-electron chi connectivity index (χ0n) is 13.5. The van der Waals surface area contributed by atoms with Crippen molar-refractivity contribution in [2.45, 2.75) is 13.3 Å². The van der Waals surface area contributed by atoms with E-state index in [9.17, 15) is 14.4 Å². The van der Waals surface area contributed by atoms with Crippen molar-refractivity contribution >= 4 is 22.8 Å². The van der Waals surface area contributed by atoms with E-state index in [0.717, 1.165) is 10.9 Å². The van der Waals surface area contributed by atoms with Gasteiger partial charge < -0.3 is 14.6 Å². The molecule has 2 rings (SSSR count). The molecule has 2 aromatic rings. The second-order valence-corrected chi connectivity index (χ2v) is 5.59. The number of aromatic amines is 1. The Morgan fingerprint density at radius 3 is 2.70 bits per heavy atom. The fourth-order valence-corrected chi connectivity index (χ4v) is 2.41. The molecule has 122 valence electrons. The van der Waals surface area contributed by atoms with Gasteiger partial charge in [-0.2, -0.15) is 0 Å². The Kier molecular flexibility index (Phi) is 5.16. The lowest BCUT2D eigenvalue weighted by Crippen LogP contribution is -2.36. The number of esters is 1. The molecule has 0 aliphatic heterocycles. The standard InChI is InChI=1S/C17H20N2O4/c1-11(17(22)23-3)10-19(2)15(20)9-13-8-12-6-4-5-7-14(12)18-16(13)21/h4-8,11H,9-10H2,1-3H3,(H,18,21). The second-order valence-electron chi connectivity index (χ2n) is 5.59. The van der Waals surface area contributed by atoms with E-state index in [-0.39, 0.29) is 30.4 Å². The summed E-state index contributed by atoms with van der Waals surface area (Å²) < 4.78 is 4.65. The highest BCUT2D eigenvalue weighted by atomic mass is 16.5. The molecule has 1 unspecified atom stereocenters. The summed E-state index contributed by atoms with van der Waals surface area (Å²) in [6.07, 6.45) is -0.00936. The molecule has 6 heteroatoms. The number of likely N-dealkylation sites (N-methyl/N-ethyl adjacent to an activating group) is 1. The van der Waals surface area contributed by atoms with Crippen molar-refractivity contribution < 1.29 is 14.3 Å². The number of benzene rings is 1. The van der Waals surface area contributed by atoms with E-state index >= 15 is 0 Å². The van der Waals surface area contributed by atoms with Crippen LogP contribution in [0.2, 0.25) is 0 Å². The average Bonchev–Trinajstić information content (AvgIpc) is 2.54. The number of methoxy groups -OCH3 is 1. The number of amides is 1. The summed E-state index contributed by atoms with van der Waals surface area (Å²) in [5.41, 5.74) is 0.874. The monoisotopic (exact) mass is 316 g/mol. The lowest BCUT2D eigenvalue weighted by Gasteiger charge is -2.20. The molecule has 1 amide bonds. The number of pyridine rings is 1. The minimum atomic E-state index is -0.413. The minimum absolute atomic E-state index is 0.00936. The fraction of sp³-hybridized carbons (Fsp3) is 0.353. The maximum Gasteiger partial charge on any atom is 0.310 e. The van der Waals surface area contributed by atoms with Crippen LogP contribution in [0.1, 0.15) is 12.5 Å². The van der Waals surface area contributed by atoms with Gasteiger partial charge in [0.2, 0.25) is 5.91 Å². The molecule has 1 atom stereocenters. The number of aromatic nitrogens is 1. The number of hydrogen-bond acceptors (Lipinski definition) is 4. The molecule has 0 bridgehead atoms. The van der Waals surface area contributed by atoms with Gasteiger partial charge in [-0.1, -0.05) is 25.1 Å². The van der Waals surface area contributed by atoms with Crippen molar-refractivity contribution in [1.29, 1.82) is 0 Å². The van der Waals surface area contributed by atoms with Crippen LogP contribution in [-0.2, 0) is 20.7 Å². The number of carbonyl (C=O) groups is 2. The molecule has 0 saturated carbocycles. The number of nitrogens with zero attached hydrogens (tertiary/aromatic N) is 1. The summed E-state index contributed by atoms with van der Waals surface area (Å²) in [5.74, 6) is -1.00. The van der Waals surface area contributed by atoms with Crippen LogP contribution in [0.4, 0.5) is 0 Å². The number of fused-ring (bicyclic) bond motifs is 1. The molecule has 0 fully saturated rings. The number of H-pyrrole nitrogens is 1. The molecular weight excluding hydrogens is 296 g/mol. The van der Waals surface area contributed by atoms with Crippen LogP contribution >= 0.6 is 0 Å². The van der Waals surface area contributed by atoms with E-state index < -0.39 is 5.92 Å². The Morgan fingerprint density at radius 1 is 1.30 bits per heavy atom. The van der Waals surface area contributed by atoms with Gasteiger partial charge in [-0.25, -0.2) is 0 Å². The summed E-state index contributed by atoms with van der Waals surface area (Å²) in [6.45, 7) is 1.94. The van der Waals surface area contributed by atoms with Crippen molar-refractivity contribution in [3.8, 4) is 0 Å². The highest BCUT2D eigenvalue weighted by molar-refractivity contribution is 5.83. The van der Waals surface area contributed by atoms with Crippen LogP contribution in [0.3, 0.4) is 0 Å². The predicted octanol–water partition coefficient (Wildman–Crippen LogP) is 1.34. The van der Waals surface area contributed by atoms with Crippen molar-refractivity contribution in [1.82, 2.24) is 9.88 Å². The molecule has 6 nitrogen and oxygen atoms in total. The third-order valence-electron chi connectivity index (χ3n) is 3.75. The number of ether oxygens (including phenoxy) is 1. The third kappa shape index (κ3) is 3.97. The summed E-state index contributed by atoms with van der Waals surface area (Å²) in [7, 11) is 2.92. The number of para-hydroxylation sites is 1. The molecule has 0 aliphatic rings. The number of carbonyl (C=O) groups excluding carboxylic acids is 2. The van der Waals surface area contributed by atoms with Crippen LogP contribution in [-0.4, -0.2) is 42.5 Å². The first-order valence-electron chi connectivity index (χ1n) is 7.35. The zero-order chi connectivity index (χ0) is 17.0. The summed E-state index contributed by atoms with van der Waals surface area (Å²) in [5, 5.41) is 0.875. The van der Waals surface area contributed by atoms with Crippen LogP contribution in [0, 0.1) is 5.92 Å². The van der Waals surface area contributed by atoms with Gasteiger partial charge in [0, 0.05) is 24.7 Å². The van der Waals surface area contributed by atoms with Crippen molar-refractivity contribution in [3.63, 3.8) is 0 Å². The Labute approximate surface area is 134 Å². The Morgan fingerprint density at radius 2 is 2.00 bits per heavy atom. The van der Waals surface area contributed by atoms with Gasteiger partial charge in [-0.3, -0.25) is 14.4 Å². The van der Waals surface area contributed by atoms with Gasteiger partial charge in [-0.05, 0) is 17.5 Å².